The maximum Gasteiger partial charge on any atom is 0.0102 e. The van der Waals surface area contributed by atoms with Gasteiger partial charge in [0, 0.05) is 19.6 Å². The highest BCUT2D eigenvalue weighted by atomic mass is 15.5. The largest absolute Gasteiger partial charge is 0.255 e. The average Bonchev–Trinajstić information content (AvgIpc) is 2.48. The molecule has 0 saturated heterocycles. The molecule has 0 spiro atoms. The number of rotatable bonds is 16. The van der Waals surface area contributed by atoms with E-state index in [1.54, 1.807) is 0 Å². The van der Waals surface area contributed by atoms with E-state index in [4.69, 9.17) is 0 Å². The summed E-state index contributed by atoms with van der Waals surface area (Å²) in [5, 5.41) is 2.29. The number of nitrogens with zero attached hydrogens (tertiary/aromatic N) is 1. The summed E-state index contributed by atoms with van der Waals surface area (Å²) < 4.78 is 0. The van der Waals surface area contributed by atoms with Gasteiger partial charge in [-0.2, -0.15) is 0 Å². The molecular formula is C18H40N2. The van der Waals surface area contributed by atoms with Crippen LogP contribution in [0.5, 0.6) is 0 Å². The van der Waals surface area contributed by atoms with Crippen molar-refractivity contribution in [3.05, 3.63) is 0 Å². The highest BCUT2D eigenvalue weighted by molar-refractivity contribution is 4.50. The monoisotopic (exact) mass is 284 g/mol. The van der Waals surface area contributed by atoms with Crippen LogP contribution in [0.15, 0.2) is 0 Å². The van der Waals surface area contributed by atoms with Gasteiger partial charge in [-0.1, -0.05) is 91.4 Å². The molecule has 0 saturated carbocycles. The van der Waals surface area contributed by atoms with E-state index >= 15 is 0 Å². The van der Waals surface area contributed by atoms with Crippen LogP contribution in [0.3, 0.4) is 0 Å². The Morgan fingerprint density at radius 3 is 1.35 bits per heavy atom. The smallest absolute Gasteiger partial charge is 0.0102 e. The van der Waals surface area contributed by atoms with E-state index in [1.165, 1.54) is 77.0 Å². The van der Waals surface area contributed by atoms with Crippen molar-refractivity contribution < 1.29 is 0 Å². The van der Waals surface area contributed by atoms with E-state index in [0.29, 0.717) is 0 Å². The first-order chi connectivity index (χ1) is 9.85. The second-order valence-electron chi connectivity index (χ2n) is 5.97. The number of nitrogens with one attached hydrogen (secondary N) is 1. The zero-order valence-electron chi connectivity index (χ0n) is 14.6. The molecule has 0 aromatic heterocycles. The number of unbranched alkanes of at least 4 members (excludes halogenated alkanes) is 11. The Bertz CT molecular complexity index is 167. The van der Waals surface area contributed by atoms with Crippen LogP contribution in [0.4, 0.5) is 0 Å². The van der Waals surface area contributed by atoms with Gasteiger partial charge in [0.25, 0.3) is 0 Å². The molecule has 0 amide bonds. The zero-order chi connectivity index (χ0) is 14.9. The Morgan fingerprint density at radius 2 is 0.950 bits per heavy atom. The van der Waals surface area contributed by atoms with Gasteiger partial charge in [0.05, 0.1) is 0 Å². The van der Waals surface area contributed by atoms with Crippen molar-refractivity contribution in [3.63, 3.8) is 0 Å². The van der Waals surface area contributed by atoms with Gasteiger partial charge in [-0.05, 0) is 6.42 Å². The fourth-order valence-electron chi connectivity index (χ4n) is 2.65. The zero-order valence-corrected chi connectivity index (χ0v) is 14.6. The maximum absolute atomic E-state index is 3.49. The third-order valence-electron chi connectivity index (χ3n) is 4.13. The summed E-state index contributed by atoms with van der Waals surface area (Å²) in [6.45, 7) is 10.1. The van der Waals surface area contributed by atoms with Crippen LogP contribution in [0.25, 0.3) is 0 Å². The summed E-state index contributed by atoms with van der Waals surface area (Å²) >= 11 is 0. The normalized spacial score (nSPS) is 11.4. The molecular weight excluding hydrogens is 244 g/mol. The lowest BCUT2D eigenvalue weighted by Crippen LogP contribution is -2.38. The van der Waals surface area contributed by atoms with Crippen LogP contribution in [0, 0.1) is 0 Å². The summed E-state index contributed by atoms with van der Waals surface area (Å²) in [7, 11) is 0. The lowest BCUT2D eigenvalue weighted by atomic mass is 10.1. The molecule has 0 aliphatic heterocycles. The van der Waals surface area contributed by atoms with Crippen LogP contribution in [-0.4, -0.2) is 24.6 Å². The molecule has 1 N–H and O–H groups in total. The van der Waals surface area contributed by atoms with E-state index in [0.717, 1.165) is 19.6 Å². The fourth-order valence-corrected chi connectivity index (χ4v) is 2.65. The van der Waals surface area contributed by atoms with Crippen molar-refractivity contribution in [2.24, 2.45) is 0 Å². The summed E-state index contributed by atoms with van der Waals surface area (Å²) in [6, 6.07) is 0. The van der Waals surface area contributed by atoms with Gasteiger partial charge in [0.15, 0.2) is 0 Å². The minimum Gasteiger partial charge on any atom is -0.255 e. The highest BCUT2D eigenvalue weighted by Crippen LogP contribution is 2.11. The fraction of sp³-hybridized carbons (Fsp3) is 1.00. The van der Waals surface area contributed by atoms with Crippen LogP contribution in [-0.2, 0) is 0 Å². The van der Waals surface area contributed by atoms with Gasteiger partial charge in [-0.3, -0.25) is 5.43 Å². The predicted molar refractivity (Wildman–Crippen MR) is 92.0 cm³/mol. The summed E-state index contributed by atoms with van der Waals surface area (Å²) in [6.07, 6.45) is 17.2. The van der Waals surface area contributed by atoms with E-state index in [9.17, 15) is 0 Å². The molecule has 0 unspecified atom stereocenters. The number of hydrogen-bond acceptors (Lipinski definition) is 2. The Morgan fingerprint density at radius 1 is 0.550 bits per heavy atom. The quantitative estimate of drug-likeness (QED) is 0.296. The molecule has 0 atom stereocenters. The molecule has 0 radical (unpaired) electrons. The number of hydrogen-bond donors (Lipinski definition) is 1. The predicted octanol–water partition coefficient (Wildman–Crippen LogP) is 5.53. The SMILES string of the molecule is CCCCCCCCCCCCCCNN(CC)CC. The number of hydrazine groups is 1. The molecule has 0 aromatic rings. The Kier molecular flexibility index (Phi) is 16.9. The molecule has 0 aliphatic carbocycles. The highest BCUT2D eigenvalue weighted by Gasteiger charge is 1.97. The van der Waals surface area contributed by atoms with E-state index < -0.39 is 0 Å². The topological polar surface area (TPSA) is 15.3 Å². The van der Waals surface area contributed by atoms with Crippen molar-refractivity contribution in [1.29, 1.82) is 0 Å². The first kappa shape index (κ1) is 19.9. The van der Waals surface area contributed by atoms with Gasteiger partial charge in [-0.25, -0.2) is 5.01 Å². The standard InChI is InChI=1S/C18H40N2/c1-4-7-8-9-10-11-12-13-14-15-16-17-18-19-20(5-2)6-3/h19H,4-18H2,1-3H3. The Hall–Kier alpha value is -0.0800. The summed E-state index contributed by atoms with van der Waals surface area (Å²) in [5.74, 6) is 0. The second kappa shape index (κ2) is 17.0. The molecule has 0 bridgehead atoms. The molecule has 0 aromatic carbocycles. The van der Waals surface area contributed by atoms with Gasteiger partial charge in [0.1, 0.15) is 0 Å². The Labute approximate surface area is 128 Å². The van der Waals surface area contributed by atoms with Crippen molar-refractivity contribution in [3.8, 4) is 0 Å². The lowest BCUT2D eigenvalue weighted by molar-refractivity contribution is 0.207. The van der Waals surface area contributed by atoms with E-state index in [2.05, 4.69) is 31.2 Å². The molecule has 122 valence electrons. The Balaban J connectivity index is 3.02. The average molecular weight is 285 g/mol. The van der Waals surface area contributed by atoms with Crippen molar-refractivity contribution >= 4 is 0 Å². The third kappa shape index (κ3) is 14.3. The summed E-state index contributed by atoms with van der Waals surface area (Å²) in [5.41, 5.74) is 3.49. The second-order valence-corrected chi connectivity index (χ2v) is 5.97. The van der Waals surface area contributed by atoms with Gasteiger partial charge >= 0.3 is 0 Å². The minimum atomic E-state index is 1.11. The molecule has 20 heavy (non-hydrogen) atoms. The summed E-state index contributed by atoms with van der Waals surface area (Å²) in [4.78, 5) is 0. The maximum atomic E-state index is 3.49. The van der Waals surface area contributed by atoms with Crippen LogP contribution in [0.1, 0.15) is 97.8 Å². The molecule has 0 rings (SSSR count). The van der Waals surface area contributed by atoms with Crippen LogP contribution >= 0.6 is 0 Å². The van der Waals surface area contributed by atoms with Gasteiger partial charge in [0.2, 0.25) is 0 Å². The van der Waals surface area contributed by atoms with Crippen molar-refractivity contribution in [2.75, 3.05) is 19.6 Å². The molecule has 2 nitrogen and oxygen atoms in total. The van der Waals surface area contributed by atoms with Crippen molar-refractivity contribution in [1.82, 2.24) is 10.4 Å². The van der Waals surface area contributed by atoms with Crippen LogP contribution < -0.4 is 5.43 Å². The van der Waals surface area contributed by atoms with Gasteiger partial charge in [-0.15, -0.1) is 0 Å². The molecule has 2 heteroatoms. The molecule has 0 heterocycles. The third-order valence-corrected chi connectivity index (χ3v) is 4.13. The van der Waals surface area contributed by atoms with E-state index in [1.807, 2.05) is 0 Å². The van der Waals surface area contributed by atoms with Crippen molar-refractivity contribution in [2.45, 2.75) is 97.8 Å². The first-order valence-corrected chi connectivity index (χ1v) is 9.33. The van der Waals surface area contributed by atoms with E-state index in [-0.39, 0.29) is 0 Å². The lowest BCUT2D eigenvalue weighted by Gasteiger charge is -2.19. The first-order valence-electron chi connectivity index (χ1n) is 9.33. The molecule has 0 aliphatic rings. The van der Waals surface area contributed by atoms with Crippen LogP contribution in [0.2, 0.25) is 0 Å². The minimum absolute atomic E-state index is 1.11. The molecule has 0 fully saturated rings. The van der Waals surface area contributed by atoms with Gasteiger partial charge < -0.3 is 0 Å².